The Hall–Kier alpha value is -4.98. The minimum absolute atomic E-state index is 0.0662. The highest BCUT2D eigenvalue weighted by Crippen LogP contribution is 2.32. The van der Waals surface area contributed by atoms with Gasteiger partial charge in [-0.25, -0.2) is 14.6 Å². The number of benzene rings is 3. The predicted octanol–water partition coefficient (Wildman–Crippen LogP) is 4.75. The maximum Gasteiger partial charge on any atom is 0.263 e. The third-order valence-corrected chi connectivity index (χ3v) is 6.70. The van der Waals surface area contributed by atoms with Crippen molar-refractivity contribution < 1.29 is 5.11 Å². The number of hydrogen-bond acceptors (Lipinski definition) is 6. The minimum Gasteiger partial charge on any atom is -0.508 e. The molecule has 0 unspecified atom stereocenters. The molecule has 3 aromatic heterocycles. The number of aromatic nitrogens is 5. The fourth-order valence-electron chi connectivity index (χ4n) is 4.99. The number of rotatable bonds is 4. The molecule has 0 fully saturated rings. The summed E-state index contributed by atoms with van der Waals surface area (Å²) < 4.78 is 3.48. The van der Waals surface area contributed by atoms with Crippen molar-refractivity contribution in [3.63, 3.8) is 0 Å². The molecule has 6 aromatic rings. The van der Waals surface area contributed by atoms with Crippen molar-refractivity contribution in [2.75, 3.05) is 5.73 Å². The van der Waals surface area contributed by atoms with Crippen LogP contribution in [0.2, 0.25) is 0 Å². The number of phenols is 1. The van der Waals surface area contributed by atoms with Gasteiger partial charge >= 0.3 is 0 Å². The number of nitrogen functional groups attached to an aromatic ring is 1. The zero-order valence-corrected chi connectivity index (χ0v) is 20.4. The highest BCUT2D eigenvalue weighted by Gasteiger charge is 2.19. The molecule has 0 aliphatic carbocycles. The number of para-hydroxylation sites is 1. The van der Waals surface area contributed by atoms with Gasteiger partial charge in [0.1, 0.15) is 23.6 Å². The van der Waals surface area contributed by atoms with Crippen LogP contribution in [0.15, 0.2) is 84.0 Å². The van der Waals surface area contributed by atoms with E-state index >= 15 is 0 Å². The van der Waals surface area contributed by atoms with Gasteiger partial charge in [0.15, 0.2) is 5.65 Å². The van der Waals surface area contributed by atoms with Crippen LogP contribution in [0.3, 0.4) is 0 Å². The zero-order chi connectivity index (χ0) is 25.7. The lowest BCUT2D eigenvalue weighted by atomic mass is 10.0. The summed E-state index contributed by atoms with van der Waals surface area (Å²) in [6.45, 7) is 4.30. The average molecular weight is 489 g/mol. The quantitative estimate of drug-likeness (QED) is 0.370. The van der Waals surface area contributed by atoms with Crippen molar-refractivity contribution in [2.24, 2.45) is 0 Å². The fourth-order valence-corrected chi connectivity index (χ4v) is 4.99. The Morgan fingerprint density at radius 2 is 1.70 bits per heavy atom. The van der Waals surface area contributed by atoms with E-state index in [9.17, 15) is 9.90 Å². The smallest absolute Gasteiger partial charge is 0.263 e. The van der Waals surface area contributed by atoms with Crippen LogP contribution in [0.25, 0.3) is 38.8 Å². The van der Waals surface area contributed by atoms with E-state index in [1.165, 1.54) is 6.33 Å². The summed E-state index contributed by atoms with van der Waals surface area (Å²) in [6, 6.07) is 20.6. The lowest BCUT2D eigenvalue weighted by molar-refractivity contribution is 0.475. The summed E-state index contributed by atoms with van der Waals surface area (Å²) in [4.78, 5) is 22.3. The van der Waals surface area contributed by atoms with Gasteiger partial charge in [0.2, 0.25) is 0 Å². The van der Waals surface area contributed by atoms with Crippen molar-refractivity contribution >= 4 is 27.6 Å². The molecule has 8 nitrogen and oxygen atoms in total. The Balaban J connectivity index is 1.55. The summed E-state index contributed by atoms with van der Waals surface area (Å²) in [5.41, 5.74) is 11.7. The average Bonchev–Trinajstić information content (AvgIpc) is 3.25. The molecular weight excluding hydrogens is 464 g/mol. The van der Waals surface area contributed by atoms with Gasteiger partial charge in [0.25, 0.3) is 5.56 Å². The van der Waals surface area contributed by atoms with E-state index in [0.717, 1.165) is 27.8 Å². The molecule has 0 saturated heterocycles. The number of aromatic hydroxyl groups is 1. The number of nitrogens with zero attached hydrogens (tertiary/aromatic N) is 5. The van der Waals surface area contributed by atoms with Gasteiger partial charge < -0.3 is 10.8 Å². The maximum absolute atomic E-state index is 13.7. The van der Waals surface area contributed by atoms with Gasteiger partial charge in [0, 0.05) is 11.8 Å². The Morgan fingerprint density at radius 1 is 0.919 bits per heavy atom. The van der Waals surface area contributed by atoms with Crippen molar-refractivity contribution in [1.29, 1.82) is 0 Å². The Labute approximate surface area is 212 Å². The van der Waals surface area contributed by atoms with Crippen LogP contribution in [0.1, 0.15) is 16.7 Å². The van der Waals surface area contributed by atoms with E-state index in [1.54, 1.807) is 27.4 Å². The van der Waals surface area contributed by atoms with Gasteiger partial charge in [-0.2, -0.15) is 5.10 Å². The van der Waals surface area contributed by atoms with Crippen LogP contribution < -0.4 is 11.3 Å². The molecule has 8 heteroatoms. The van der Waals surface area contributed by atoms with E-state index in [-0.39, 0.29) is 11.3 Å². The highest BCUT2D eigenvalue weighted by molar-refractivity contribution is 5.98. The molecular formula is C29H24N6O2. The normalized spacial score (nSPS) is 11.4. The van der Waals surface area contributed by atoms with Crippen LogP contribution in [0, 0.1) is 13.8 Å². The Bertz CT molecular complexity index is 1890. The number of hydrogen-bond donors (Lipinski definition) is 2. The Kier molecular flexibility index (Phi) is 5.22. The van der Waals surface area contributed by atoms with Crippen LogP contribution in [-0.4, -0.2) is 29.4 Å². The number of pyridine rings is 1. The third-order valence-electron chi connectivity index (χ3n) is 6.70. The van der Waals surface area contributed by atoms with E-state index in [2.05, 4.69) is 9.97 Å². The molecule has 37 heavy (non-hydrogen) atoms. The molecule has 0 bridgehead atoms. The van der Waals surface area contributed by atoms with Crippen LogP contribution in [0.4, 0.5) is 5.82 Å². The van der Waals surface area contributed by atoms with Gasteiger partial charge in [0.05, 0.1) is 23.0 Å². The molecule has 3 N–H and O–H groups in total. The molecule has 0 atom stereocenters. The van der Waals surface area contributed by atoms with Crippen molar-refractivity contribution in [3.8, 4) is 22.7 Å². The van der Waals surface area contributed by atoms with Crippen molar-refractivity contribution in [2.45, 2.75) is 20.4 Å². The van der Waals surface area contributed by atoms with Crippen molar-refractivity contribution in [1.82, 2.24) is 24.3 Å². The first kappa shape index (κ1) is 22.5. The van der Waals surface area contributed by atoms with Gasteiger partial charge in [-0.05, 0) is 54.1 Å². The Morgan fingerprint density at radius 3 is 2.54 bits per heavy atom. The molecule has 182 valence electrons. The highest BCUT2D eigenvalue weighted by atomic mass is 16.3. The summed E-state index contributed by atoms with van der Waals surface area (Å²) in [5.74, 6) is 0.433. The summed E-state index contributed by atoms with van der Waals surface area (Å²) in [5, 5.41) is 17.1. The van der Waals surface area contributed by atoms with Crippen LogP contribution in [0.5, 0.6) is 5.75 Å². The predicted molar refractivity (Wildman–Crippen MR) is 145 cm³/mol. The molecule has 0 aliphatic heterocycles. The SMILES string of the molecule is Cc1cccc(Cn2nc(-c3cccc(O)c3)c3c(N)ncnc32)c1-n1ccc2cccc(C)c2c1=O. The third kappa shape index (κ3) is 3.70. The first-order chi connectivity index (χ1) is 17.9. The minimum atomic E-state index is -0.0662. The largest absolute Gasteiger partial charge is 0.508 e. The lowest BCUT2D eigenvalue weighted by Crippen LogP contribution is -2.21. The molecule has 0 saturated carbocycles. The molecule has 0 amide bonds. The van der Waals surface area contributed by atoms with E-state index in [0.29, 0.717) is 40.0 Å². The van der Waals surface area contributed by atoms with E-state index in [1.807, 2.05) is 68.6 Å². The van der Waals surface area contributed by atoms with Crippen LogP contribution >= 0.6 is 0 Å². The molecule has 3 aromatic carbocycles. The molecule has 3 heterocycles. The zero-order valence-electron chi connectivity index (χ0n) is 20.4. The summed E-state index contributed by atoms with van der Waals surface area (Å²) in [6.07, 6.45) is 3.24. The van der Waals surface area contributed by atoms with Crippen LogP contribution in [-0.2, 0) is 6.54 Å². The number of phenolic OH excluding ortho intramolecular Hbond substituents is 1. The molecule has 6 rings (SSSR count). The number of fused-ring (bicyclic) bond motifs is 2. The number of nitrogens with two attached hydrogens (primary N) is 1. The lowest BCUT2D eigenvalue weighted by Gasteiger charge is -2.16. The second kappa shape index (κ2) is 8.60. The monoisotopic (exact) mass is 488 g/mol. The first-order valence-corrected chi connectivity index (χ1v) is 11.9. The number of aryl methyl sites for hydroxylation is 2. The van der Waals surface area contributed by atoms with Gasteiger partial charge in [-0.1, -0.05) is 48.5 Å². The fraction of sp³-hybridized carbons (Fsp3) is 0.103. The second-order valence-corrected chi connectivity index (χ2v) is 9.13. The maximum atomic E-state index is 13.7. The number of anilines is 1. The summed E-state index contributed by atoms with van der Waals surface area (Å²) >= 11 is 0. The van der Waals surface area contributed by atoms with Gasteiger partial charge in [-0.15, -0.1) is 0 Å². The molecule has 0 radical (unpaired) electrons. The molecule has 0 spiro atoms. The van der Waals surface area contributed by atoms with E-state index < -0.39 is 0 Å². The second-order valence-electron chi connectivity index (χ2n) is 9.13. The topological polar surface area (TPSA) is 112 Å². The first-order valence-electron chi connectivity index (χ1n) is 11.9. The summed E-state index contributed by atoms with van der Waals surface area (Å²) in [7, 11) is 0. The van der Waals surface area contributed by atoms with E-state index in [4.69, 9.17) is 10.8 Å². The van der Waals surface area contributed by atoms with Crippen molar-refractivity contribution in [3.05, 3.63) is 106 Å². The standard InChI is InChI=1S/C29H24N6O2/c1-17-6-3-8-19-12-13-34(29(37)23(17)19)26-18(2)7-4-10-21(26)15-35-28-24(27(30)31-16-32-28)25(33-35)20-9-5-11-22(36)14-20/h3-14,16,36H,15H2,1-2H3,(H2,30,31,32). The molecule has 0 aliphatic rings. The van der Waals surface area contributed by atoms with Gasteiger partial charge in [-0.3, -0.25) is 9.36 Å².